The minimum absolute atomic E-state index is 0.966. The molecule has 6 aromatic rings. The maximum absolute atomic E-state index is 2.51. The molecule has 0 bridgehead atoms. The Kier molecular flexibility index (Phi) is 4.50. The molecule has 0 fully saturated rings. The summed E-state index contributed by atoms with van der Waals surface area (Å²) >= 11 is 1.97. The van der Waals surface area contributed by atoms with Crippen molar-refractivity contribution in [3.05, 3.63) is 65.0 Å². The van der Waals surface area contributed by atoms with Crippen LogP contribution in [0, 0.1) is 20.8 Å². The third kappa shape index (κ3) is 2.54. The fourth-order valence-electron chi connectivity index (χ4n) is 6.02. The molecule has 3 aromatic carbocycles. The molecule has 0 amide bonds. The first-order valence-corrected chi connectivity index (χ1v) is 12.8. The molecule has 0 unspecified atom stereocenters. The van der Waals surface area contributed by atoms with Crippen LogP contribution in [-0.2, 0) is 13.1 Å². The van der Waals surface area contributed by atoms with Crippen molar-refractivity contribution < 1.29 is 0 Å². The van der Waals surface area contributed by atoms with Gasteiger partial charge in [0.05, 0.1) is 5.52 Å². The maximum atomic E-state index is 2.51. The van der Waals surface area contributed by atoms with Gasteiger partial charge in [-0.3, -0.25) is 0 Å². The van der Waals surface area contributed by atoms with Gasteiger partial charge in [0, 0.05) is 66.3 Å². The highest BCUT2D eigenvalue weighted by molar-refractivity contribution is 7.27. The Bertz CT molecular complexity index is 1770. The SMILES string of the molecule is C/C=C\c1c(C)c2c3sc4cc5c(cc4c3c3ccccc3c2n1CC)c(C)c(C)n5CC. The van der Waals surface area contributed by atoms with Crippen LogP contribution in [-0.4, -0.2) is 9.13 Å². The number of rotatable bonds is 3. The van der Waals surface area contributed by atoms with Gasteiger partial charge < -0.3 is 9.13 Å². The molecule has 3 aromatic heterocycles. The van der Waals surface area contributed by atoms with Crippen LogP contribution in [0.2, 0.25) is 0 Å². The third-order valence-corrected chi connectivity index (χ3v) is 8.81. The second-order valence-corrected chi connectivity index (χ2v) is 10.2. The van der Waals surface area contributed by atoms with E-state index in [2.05, 4.69) is 99.2 Å². The maximum Gasteiger partial charge on any atom is 0.0582 e. The number of fused-ring (bicyclic) bond motifs is 9. The number of hydrogen-bond donors (Lipinski definition) is 0. The first-order valence-electron chi connectivity index (χ1n) is 12.0. The van der Waals surface area contributed by atoms with Crippen molar-refractivity contribution in [1.82, 2.24) is 9.13 Å². The van der Waals surface area contributed by atoms with Gasteiger partial charge in [0.2, 0.25) is 0 Å². The predicted octanol–water partition coefficient (Wildman–Crippen LogP) is 9.12. The summed E-state index contributed by atoms with van der Waals surface area (Å²) < 4.78 is 7.79. The molecule has 0 saturated carbocycles. The van der Waals surface area contributed by atoms with Crippen LogP contribution in [0.15, 0.2) is 42.5 Å². The number of aryl methyl sites for hydroxylation is 4. The van der Waals surface area contributed by atoms with E-state index in [0.717, 1.165) is 13.1 Å². The van der Waals surface area contributed by atoms with Crippen LogP contribution in [0.1, 0.15) is 43.3 Å². The number of aromatic nitrogens is 2. The van der Waals surface area contributed by atoms with Gasteiger partial charge in [0.15, 0.2) is 0 Å². The second-order valence-electron chi connectivity index (χ2n) is 9.15. The standard InChI is InChI=1S/C30H30N2S/c1-7-12-24-18(5)27-29(32(24)9-3)21-14-11-10-13-20(21)28-23-15-22-17(4)19(6)31(8-2)25(22)16-26(23)33-30(27)28/h7,10-16H,8-9H2,1-6H3/b12-7-. The third-order valence-electron chi connectivity index (χ3n) is 7.64. The van der Waals surface area contributed by atoms with Crippen LogP contribution < -0.4 is 0 Å². The quantitative estimate of drug-likeness (QED) is 0.254. The number of allylic oxidation sites excluding steroid dienone is 1. The molecular formula is C30H30N2S. The van der Waals surface area contributed by atoms with E-state index in [1.54, 1.807) is 0 Å². The van der Waals surface area contributed by atoms with E-state index >= 15 is 0 Å². The highest BCUT2D eigenvalue weighted by Gasteiger charge is 2.22. The molecule has 0 atom stereocenters. The van der Waals surface area contributed by atoms with Crippen molar-refractivity contribution in [1.29, 1.82) is 0 Å². The lowest BCUT2D eigenvalue weighted by atomic mass is 9.98. The summed E-state index contributed by atoms with van der Waals surface area (Å²) in [4.78, 5) is 0. The number of hydrogen-bond acceptors (Lipinski definition) is 1. The van der Waals surface area contributed by atoms with E-state index in [1.807, 2.05) is 11.3 Å². The van der Waals surface area contributed by atoms with Crippen molar-refractivity contribution in [3.63, 3.8) is 0 Å². The lowest BCUT2D eigenvalue weighted by Crippen LogP contribution is -1.97. The second kappa shape index (κ2) is 7.23. The van der Waals surface area contributed by atoms with Crippen molar-refractivity contribution in [2.45, 2.75) is 54.6 Å². The summed E-state index contributed by atoms with van der Waals surface area (Å²) in [6, 6.07) is 13.9. The van der Waals surface area contributed by atoms with Gasteiger partial charge in [0.25, 0.3) is 0 Å². The largest absolute Gasteiger partial charge is 0.345 e. The van der Waals surface area contributed by atoms with Crippen LogP contribution in [0.5, 0.6) is 0 Å². The van der Waals surface area contributed by atoms with Gasteiger partial charge >= 0.3 is 0 Å². The zero-order chi connectivity index (χ0) is 23.0. The molecular weight excluding hydrogens is 420 g/mol. The summed E-state index contributed by atoms with van der Waals surface area (Å²) in [5.41, 5.74) is 8.26. The van der Waals surface area contributed by atoms with Gasteiger partial charge in [-0.25, -0.2) is 0 Å². The van der Waals surface area contributed by atoms with Gasteiger partial charge in [-0.05, 0) is 76.3 Å². The van der Waals surface area contributed by atoms with E-state index in [-0.39, 0.29) is 0 Å². The molecule has 0 aliphatic carbocycles. The fraction of sp³-hybridized carbons (Fsp3) is 0.267. The molecule has 0 saturated heterocycles. The smallest absolute Gasteiger partial charge is 0.0582 e. The average molecular weight is 451 g/mol. The highest BCUT2D eigenvalue weighted by atomic mass is 32.1. The summed E-state index contributed by atoms with van der Waals surface area (Å²) in [7, 11) is 0. The molecule has 6 rings (SSSR count). The number of thiophene rings is 1. The average Bonchev–Trinajstić information content (AvgIpc) is 3.41. The minimum atomic E-state index is 0.966. The van der Waals surface area contributed by atoms with E-state index < -0.39 is 0 Å². The summed E-state index contributed by atoms with van der Waals surface area (Å²) in [6.45, 7) is 15.4. The molecule has 3 heterocycles. The van der Waals surface area contributed by atoms with Gasteiger partial charge in [-0.1, -0.05) is 30.3 Å². The molecule has 2 nitrogen and oxygen atoms in total. The predicted molar refractivity (Wildman–Crippen MR) is 148 cm³/mol. The van der Waals surface area contributed by atoms with Crippen LogP contribution in [0.25, 0.3) is 58.8 Å². The Balaban J connectivity index is 1.92. The Morgan fingerprint density at radius 3 is 2.24 bits per heavy atom. The number of benzene rings is 3. The molecule has 0 spiro atoms. The van der Waals surface area contributed by atoms with Crippen LogP contribution in [0.4, 0.5) is 0 Å². The minimum Gasteiger partial charge on any atom is -0.345 e. The molecule has 0 aliphatic rings. The van der Waals surface area contributed by atoms with Gasteiger partial charge in [-0.2, -0.15) is 0 Å². The van der Waals surface area contributed by atoms with Crippen LogP contribution >= 0.6 is 11.3 Å². The Hall–Kier alpha value is -3.04. The highest BCUT2D eigenvalue weighted by Crippen LogP contribution is 2.47. The Morgan fingerprint density at radius 1 is 0.818 bits per heavy atom. The Morgan fingerprint density at radius 2 is 1.55 bits per heavy atom. The van der Waals surface area contributed by atoms with Crippen molar-refractivity contribution in [2.75, 3.05) is 0 Å². The summed E-state index contributed by atoms with van der Waals surface area (Å²) in [6.07, 6.45) is 4.44. The normalized spacial score (nSPS) is 12.7. The van der Waals surface area contributed by atoms with Crippen LogP contribution in [0.3, 0.4) is 0 Å². The molecule has 0 N–H and O–H groups in total. The molecule has 166 valence electrons. The summed E-state index contributed by atoms with van der Waals surface area (Å²) in [5, 5.41) is 8.37. The first kappa shape index (κ1) is 20.6. The molecule has 0 radical (unpaired) electrons. The van der Waals surface area contributed by atoms with Crippen molar-refractivity contribution in [3.8, 4) is 0 Å². The fourth-order valence-corrected chi connectivity index (χ4v) is 7.35. The lowest BCUT2D eigenvalue weighted by molar-refractivity contribution is 0.766. The molecule has 3 heteroatoms. The van der Waals surface area contributed by atoms with E-state index in [9.17, 15) is 0 Å². The lowest BCUT2D eigenvalue weighted by Gasteiger charge is -2.09. The topological polar surface area (TPSA) is 9.86 Å². The van der Waals surface area contributed by atoms with Gasteiger partial charge in [-0.15, -0.1) is 11.3 Å². The summed E-state index contributed by atoms with van der Waals surface area (Å²) in [5.74, 6) is 0. The van der Waals surface area contributed by atoms with Gasteiger partial charge in [0.1, 0.15) is 0 Å². The molecule has 0 aliphatic heterocycles. The van der Waals surface area contributed by atoms with Crippen molar-refractivity contribution >= 4 is 70.2 Å². The number of nitrogens with zero attached hydrogens (tertiary/aromatic N) is 2. The zero-order valence-electron chi connectivity index (χ0n) is 20.3. The molecule has 33 heavy (non-hydrogen) atoms. The zero-order valence-corrected chi connectivity index (χ0v) is 21.2. The van der Waals surface area contributed by atoms with E-state index in [4.69, 9.17) is 0 Å². The van der Waals surface area contributed by atoms with Crippen molar-refractivity contribution in [2.24, 2.45) is 0 Å². The monoisotopic (exact) mass is 450 g/mol. The van der Waals surface area contributed by atoms with E-state index in [1.165, 1.54) is 75.3 Å². The first-order chi connectivity index (χ1) is 16.0. The van der Waals surface area contributed by atoms with E-state index in [0.29, 0.717) is 0 Å². The Labute approximate surface area is 198 Å².